The Morgan fingerprint density at radius 3 is 2.27 bits per heavy atom. The van der Waals surface area contributed by atoms with Gasteiger partial charge in [-0.15, -0.1) is 0 Å². The van der Waals surface area contributed by atoms with Gasteiger partial charge in [-0.05, 0) is 19.1 Å². The van der Waals surface area contributed by atoms with Crippen molar-refractivity contribution < 1.29 is 36.9 Å². The number of ether oxygens (including phenoxy) is 1. The van der Waals surface area contributed by atoms with Crippen LogP contribution in [0.1, 0.15) is 23.2 Å². The summed E-state index contributed by atoms with van der Waals surface area (Å²) in [5.74, 6) is -3.06. The number of carbonyl (C=O) groups excluding carboxylic acids is 2. The van der Waals surface area contributed by atoms with Gasteiger partial charge in [-0.2, -0.15) is 18.2 Å². The Balaban J connectivity index is 2.22. The molecular formula is C15H14F3N3O5. The fourth-order valence-corrected chi connectivity index (χ4v) is 2.03. The molecule has 0 saturated carbocycles. The Morgan fingerprint density at radius 1 is 1.19 bits per heavy atom. The molecule has 0 bridgehead atoms. The fourth-order valence-electron chi connectivity index (χ4n) is 2.03. The molecule has 2 rings (SSSR count). The zero-order chi connectivity index (χ0) is 19.5. The van der Waals surface area contributed by atoms with Gasteiger partial charge in [-0.1, -0.05) is 17.3 Å². The zero-order valence-electron chi connectivity index (χ0n) is 13.9. The van der Waals surface area contributed by atoms with E-state index in [9.17, 15) is 22.8 Å². The number of hydroxylamine groups is 2. The van der Waals surface area contributed by atoms with E-state index < -0.39 is 30.0 Å². The van der Waals surface area contributed by atoms with Gasteiger partial charge in [0.05, 0.1) is 14.2 Å². The second-order valence-corrected chi connectivity index (χ2v) is 5.01. The summed E-state index contributed by atoms with van der Waals surface area (Å²) in [6.07, 6.45) is -4.75. The average molecular weight is 373 g/mol. The van der Waals surface area contributed by atoms with Gasteiger partial charge in [0.1, 0.15) is 0 Å². The smallest absolute Gasteiger partial charge is 0.467 e. The number of hydrogen-bond donors (Lipinski definition) is 0. The SMILES string of the molecule is COC(=O)C(C)N(OC)C(=O)c1ccc(-c2noc(C(F)(F)F)n2)cc1. The van der Waals surface area contributed by atoms with E-state index in [1.165, 1.54) is 45.4 Å². The van der Waals surface area contributed by atoms with E-state index in [1.54, 1.807) is 0 Å². The van der Waals surface area contributed by atoms with Gasteiger partial charge in [0.15, 0.2) is 6.04 Å². The lowest BCUT2D eigenvalue weighted by molar-refractivity contribution is -0.166. The summed E-state index contributed by atoms with van der Waals surface area (Å²) in [7, 11) is 2.38. The highest BCUT2D eigenvalue weighted by Crippen LogP contribution is 2.29. The molecule has 11 heteroatoms. The predicted molar refractivity (Wildman–Crippen MR) is 79.4 cm³/mol. The van der Waals surface area contributed by atoms with Crippen molar-refractivity contribution in [2.45, 2.75) is 19.1 Å². The van der Waals surface area contributed by atoms with Crippen LogP contribution in [0.4, 0.5) is 13.2 Å². The Hall–Kier alpha value is -2.95. The maximum absolute atomic E-state index is 12.5. The van der Waals surface area contributed by atoms with Crippen LogP contribution in [0.25, 0.3) is 11.4 Å². The molecule has 0 N–H and O–H groups in total. The van der Waals surface area contributed by atoms with E-state index in [0.29, 0.717) is 0 Å². The highest BCUT2D eigenvalue weighted by molar-refractivity contribution is 5.96. The van der Waals surface area contributed by atoms with Crippen LogP contribution >= 0.6 is 0 Å². The van der Waals surface area contributed by atoms with Crippen molar-refractivity contribution in [3.05, 3.63) is 35.7 Å². The lowest BCUT2D eigenvalue weighted by atomic mass is 10.1. The van der Waals surface area contributed by atoms with Crippen LogP contribution in [-0.4, -0.2) is 47.3 Å². The average Bonchev–Trinajstić information content (AvgIpc) is 3.12. The third kappa shape index (κ3) is 3.99. The minimum atomic E-state index is -4.75. The van der Waals surface area contributed by atoms with Crippen molar-refractivity contribution in [1.82, 2.24) is 15.2 Å². The van der Waals surface area contributed by atoms with Crippen molar-refractivity contribution in [3.63, 3.8) is 0 Å². The molecule has 8 nitrogen and oxygen atoms in total. The normalized spacial score (nSPS) is 12.5. The van der Waals surface area contributed by atoms with E-state index in [0.717, 1.165) is 5.06 Å². The molecule has 140 valence electrons. The molecule has 1 amide bonds. The molecule has 0 fully saturated rings. The molecular weight excluding hydrogens is 359 g/mol. The summed E-state index contributed by atoms with van der Waals surface area (Å²) < 4.78 is 46.2. The number of methoxy groups -OCH3 is 1. The van der Waals surface area contributed by atoms with Gasteiger partial charge < -0.3 is 9.26 Å². The lowest BCUT2D eigenvalue weighted by Gasteiger charge is -2.24. The largest absolute Gasteiger partial charge is 0.471 e. The Morgan fingerprint density at radius 2 is 1.81 bits per heavy atom. The number of amides is 1. The van der Waals surface area contributed by atoms with Crippen molar-refractivity contribution in [2.75, 3.05) is 14.2 Å². The predicted octanol–water partition coefficient (Wildman–Crippen LogP) is 2.32. The minimum absolute atomic E-state index is 0.130. The molecule has 1 heterocycles. The summed E-state index contributed by atoms with van der Waals surface area (Å²) in [6, 6.07) is 4.35. The zero-order valence-corrected chi connectivity index (χ0v) is 13.9. The number of esters is 1. The molecule has 0 aliphatic carbocycles. The first-order chi connectivity index (χ1) is 12.2. The van der Waals surface area contributed by atoms with E-state index in [2.05, 4.69) is 19.4 Å². The highest BCUT2D eigenvalue weighted by atomic mass is 19.4. The number of aromatic nitrogens is 2. The molecule has 0 radical (unpaired) electrons. The number of hydrogen-bond acceptors (Lipinski definition) is 7. The summed E-state index contributed by atoms with van der Waals surface area (Å²) in [5.41, 5.74) is 0.344. The Bertz CT molecular complexity index is 789. The topological polar surface area (TPSA) is 94.8 Å². The van der Waals surface area contributed by atoms with Crippen molar-refractivity contribution in [1.29, 1.82) is 0 Å². The van der Waals surface area contributed by atoms with E-state index in [-0.39, 0.29) is 17.0 Å². The van der Waals surface area contributed by atoms with Gasteiger partial charge >= 0.3 is 18.0 Å². The standard InChI is InChI=1S/C15H14F3N3O5/c1-8(13(23)24-2)21(25-3)12(22)10-6-4-9(5-7-10)11-19-14(26-20-11)15(16,17)18/h4-8H,1-3H3. The maximum atomic E-state index is 12.5. The van der Waals surface area contributed by atoms with E-state index in [4.69, 9.17) is 4.84 Å². The van der Waals surface area contributed by atoms with E-state index in [1.807, 2.05) is 0 Å². The van der Waals surface area contributed by atoms with Gasteiger partial charge in [0.2, 0.25) is 5.82 Å². The molecule has 1 aromatic carbocycles. The van der Waals surface area contributed by atoms with Crippen LogP contribution in [0.3, 0.4) is 0 Å². The number of rotatable bonds is 5. The Kier molecular flexibility index (Phi) is 5.60. The van der Waals surface area contributed by atoms with E-state index >= 15 is 0 Å². The number of alkyl halides is 3. The van der Waals surface area contributed by atoms with Crippen molar-refractivity contribution in [2.24, 2.45) is 0 Å². The quantitative estimate of drug-likeness (QED) is 0.586. The van der Waals surface area contributed by atoms with Crippen molar-refractivity contribution in [3.8, 4) is 11.4 Å². The van der Waals surface area contributed by atoms with Crippen LogP contribution in [0.15, 0.2) is 28.8 Å². The summed E-state index contributed by atoms with van der Waals surface area (Å²) in [5, 5.41) is 4.07. The molecule has 2 aromatic rings. The number of halogens is 3. The molecule has 26 heavy (non-hydrogen) atoms. The van der Waals surface area contributed by atoms with Gasteiger partial charge in [-0.25, -0.2) is 9.86 Å². The summed E-state index contributed by atoms with van der Waals surface area (Å²) in [4.78, 5) is 32.2. The fraction of sp³-hybridized carbons (Fsp3) is 0.333. The molecule has 0 spiro atoms. The second-order valence-electron chi connectivity index (χ2n) is 5.01. The first-order valence-electron chi connectivity index (χ1n) is 7.16. The highest BCUT2D eigenvalue weighted by Gasteiger charge is 2.38. The van der Waals surface area contributed by atoms with Gasteiger partial charge in [0, 0.05) is 11.1 Å². The molecule has 1 unspecified atom stereocenters. The molecule has 1 aromatic heterocycles. The van der Waals surface area contributed by atoms with Crippen molar-refractivity contribution >= 4 is 11.9 Å². The first-order valence-corrected chi connectivity index (χ1v) is 7.16. The minimum Gasteiger partial charge on any atom is -0.467 e. The maximum Gasteiger partial charge on any atom is 0.471 e. The number of carbonyl (C=O) groups is 2. The van der Waals surface area contributed by atoms with Crippen LogP contribution in [0.2, 0.25) is 0 Å². The summed E-state index contributed by atoms with van der Waals surface area (Å²) in [6.45, 7) is 1.42. The van der Waals surface area contributed by atoms with Crippen LogP contribution < -0.4 is 0 Å². The van der Waals surface area contributed by atoms with Crippen LogP contribution in [0.5, 0.6) is 0 Å². The summed E-state index contributed by atoms with van der Waals surface area (Å²) >= 11 is 0. The molecule has 0 saturated heterocycles. The second kappa shape index (κ2) is 7.52. The third-order valence-electron chi connectivity index (χ3n) is 3.35. The molecule has 0 aliphatic rings. The van der Waals surface area contributed by atoms with Gasteiger partial charge in [0.25, 0.3) is 5.91 Å². The van der Waals surface area contributed by atoms with Gasteiger partial charge in [-0.3, -0.25) is 9.63 Å². The van der Waals surface area contributed by atoms with Crippen LogP contribution in [-0.2, 0) is 20.5 Å². The van der Waals surface area contributed by atoms with Crippen LogP contribution in [0, 0.1) is 0 Å². The first kappa shape index (κ1) is 19.4. The Labute approximate surface area is 145 Å². The monoisotopic (exact) mass is 373 g/mol. The number of nitrogens with zero attached hydrogens (tertiary/aromatic N) is 3. The molecule has 1 atom stereocenters. The third-order valence-corrected chi connectivity index (χ3v) is 3.35. The molecule has 0 aliphatic heterocycles. The lowest BCUT2D eigenvalue weighted by Crippen LogP contribution is -2.43. The number of benzene rings is 1.